The smallest absolute Gasteiger partial charge is 0.257 e. The monoisotopic (exact) mass is 371 g/mol. The Hall–Kier alpha value is -2.56. The number of halogens is 2. The number of anilines is 2. The molecule has 0 aliphatic carbocycles. The summed E-state index contributed by atoms with van der Waals surface area (Å²) in [5.41, 5.74) is 3.08. The number of hydrogen-bond donors (Lipinski definition) is 2. The van der Waals surface area contributed by atoms with Crippen molar-refractivity contribution in [3.63, 3.8) is 0 Å². The molecule has 126 valence electrons. The molecule has 0 saturated carbocycles. The molecule has 6 heteroatoms. The van der Waals surface area contributed by atoms with Gasteiger partial charge in [-0.25, -0.2) is 0 Å². The van der Waals surface area contributed by atoms with Crippen molar-refractivity contribution in [3.05, 3.63) is 88.2 Å². The summed E-state index contributed by atoms with van der Waals surface area (Å²) >= 11 is 11.9. The van der Waals surface area contributed by atoms with E-state index < -0.39 is 0 Å². The van der Waals surface area contributed by atoms with E-state index in [0.29, 0.717) is 27.8 Å². The molecule has 1 heterocycles. The summed E-state index contributed by atoms with van der Waals surface area (Å²) in [7, 11) is 0. The fourth-order valence-corrected chi connectivity index (χ4v) is 2.78. The number of rotatable bonds is 5. The summed E-state index contributed by atoms with van der Waals surface area (Å²) in [6.45, 7) is 0.670. The lowest BCUT2D eigenvalue weighted by atomic mass is 10.2. The number of nitrogens with one attached hydrogen (secondary N) is 2. The third-order valence-electron chi connectivity index (χ3n) is 3.54. The van der Waals surface area contributed by atoms with Crippen LogP contribution < -0.4 is 10.6 Å². The van der Waals surface area contributed by atoms with E-state index in [9.17, 15) is 4.79 Å². The molecule has 1 amide bonds. The van der Waals surface area contributed by atoms with Gasteiger partial charge in [0.15, 0.2) is 0 Å². The van der Waals surface area contributed by atoms with Crippen molar-refractivity contribution in [1.29, 1.82) is 0 Å². The lowest BCUT2D eigenvalue weighted by molar-refractivity contribution is 0.102. The number of nitrogens with zero attached hydrogens (tertiary/aromatic N) is 1. The van der Waals surface area contributed by atoms with E-state index in [4.69, 9.17) is 23.2 Å². The molecule has 0 aliphatic rings. The average Bonchev–Trinajstić information content (AvgIpc) is 2.61. The molecule has 0 aliphatic heterocycles. The number of aromatic nitrogens is 1. The lowest BCUT2D eigenvalue weighted by Gasteiger charge is -2.10. The van der Waals surface area contributed by atoms with E-state index in [2.05, 4.69) is 15.6 Å². The van der Waals surface area contributed by atoms with Crippen LogP contribution in [0.2, 0.25) is 10.0 Å². The van der Waals surface area contributed by atoms with Crippen molar-refractivity contribution in [3.8, 4) is 0 Å². The van der Waals surface area contributed by atoms with Gasteiger partial charge in [-0.15, -0.1) is 0 Å². The highest BCUT2D eigenvalue weighted by molar-refractivity contribution is 6.37. The van der Waals surface area contributed by atoms with Gasteiger partial charge in [0.05, 0.1) is 10.6 Å². The zero-order chi connectivity index (χ0) is 17.6. The van der Waals surface area contributed by atoms with Crippen molar-refractivity contribution < 1.29 is 4.79 Å². The molecule has 0 atom stereocenters. The molecular weight excluding hydrogens is 357 g/mol. The number of carbonyl (C=O) groups excluding carboxylic acids is 1. The van der Waals surface area contributed by atoms with Crippen LogP contribution in [-0.4, -0.2) is 10.9 Å². The van der Waals surface area contributed by atoms with E-state index in [-0.39, 0.29) is 5.91 Å². The van der Waals surface area contributed by atoms with Gasteiger partial charge in [0.1, 0.15) is 0 Å². The van der Waals surface area contributed by atoms with Gasteiger partial charge in [-0.3, -0.25) is 9.78 Å². The van der Waals surface area contributed by atoms with E-state index in [0.717, 1.165) is 11.3 Å². The highest BCUT2D eigenvalue weighted by Gasteiger charge is 2.11. The first kappa shape index (κ1) is 17.3. The molecule has 4 nitrogen and oxygen atoms in total. The maximum absolute atomic E-state index is 12.4. The van der Waals surface area contributed by atoms with Crippen molar-refractivity contribution in [2.75, 3.05) is 10.6 Å². The minimum atomic E-state index is -0.284. The summed E-state index contributed by atoms with van der Waals surface area (Å²) in [4.78, 5) is 16.4. The molecule has 0 radical (unpaired) electrons. The second-order valence-corrected chi connectivity index (χ2v) is 6.21. The molecule has 0 spiro atoms. The summed E-state index contributed by atoms with van der Waals surface area (Å²) in [6, 6.07) is 16.2. The SMILES string of the molecule is O=C(Nc1cccc(NCc2ccncc2)c1)c1ccc(Cl)cc1Cl. The van der Waals surface area contributed by atoms with Gasteiger partial charge in [0.25, 0.3) is 5.91 Å². The van der Waals surface area contributed by atoms with E-state index in [1.807, 2.05) is 36.4 Å². The van der Waals surface area contributed by atoms with Crippen molar-refractivity contribution >= 4 is 40.5 Å². The quantitative estimate of drug-likeness (QED) is 0.643. The van der Waals surface area contributed by atoms with Gasteiger partial charge in [0.2, 0.25) is 0 Å². The second kappa shape index (κ2) is 8.01. The summed E-state index contributed by atoms with van der Waals surface area (Å²) in [6.07, 6.45) is 3.51. The van der Waals surface area contributed by atoms with E-state index in [1.54, 1.807) is 30.6 Å². The van der Waals surface area contributed by atoms with E-state index >= 15 is 0 Å². The van der Waals surface area contributed by atoms with Crippen LogP contribution in [0.25, 0.3) is 0 Å². The van der Waals surface area contributed by atoms with Crippen molar-refractivity contribution in [2.45, 2.75) is 6.54 Å². The van der Waals surface area contributed by atoms with Gasteiger partial charge < -0.3 is 10.6 Å². The maximum Gasteiger partial charge on any atom is 0.257 e. The molecule has 1 aromatic heterocycles. The van der Waals surface area contributed by atoms with Crippen LogP contribution in [0.15, 0.2) is 67.0 Å². The largest absolute Gasteiger partial charge is 0.381 e. The van der Waals surface area contributed by atoms with Gasteiger partial charge in [-0.1, -0.05) is 29.3 Å². The number of pyridine rings is 1. The van der Waals surface area contributed by atoms with Gasteiger partial charge >= 0.3 is 0 Å². The van der Waals surface area contributed by atoms with Crippen LogP contribution in [0.5, 0.6) is 0 Å². The Bertz CT molecular complexity index is 885. The Morgan fingerprint density at radius 1 is 0.960 bits per heavy atom. The van der Waals surface area contributed by atoms with Crippen LogP contribution in [0, 0.1) is 0 Å². The standard InChI is InChI=1S/C19H15Cl2N3O/c20-14-4-5-17(18(21)10-14)19(25)24-16-3-1-2-15(11-16)23-12-13-6-8-22-9-7-13/h1-11,23H,12H2,(H,24,25). The Balaban J connectivity index is 1.68. The molecule has 2 aromatic carbocycles. The number of amides is 1. The third kappa shape index (κ3) is 4.72. The first-order valence-electron chi connectivity index (χ1n) is 7.61. The molecule has 2 N–H and O–H groups in total. The predicted octanol–water partition coefficient (Wildman–Crippen LogP) is 5.25. The minimum Gasteiger partial charge on any atom is -0.381 e. The normalized spacial score (nSPS) is 10.3. The Morgan fingerprint density at radius 2 is 1.72 bits per heavy atom. The van der Waals surface area contributed by atoms with Crippen LogP contribution in [0.3, 0.4) is 0 Å². The highest BCUT2D eigenvalue weighted by atomic mass is 35.5. The number of benzene rings is 2. The van der Waals surface area contributed by atoms with Gasteiger partial charge in [-0.2, -0.15) is 0 Å². The molecule has 3 aromatic rings. The number of hydrogen-bond acceptors (Lipinski definition) is 3. The average molecular weight is 372 g/mol. The molecular formula is C19H15Cl2N3O. The van der Waals surface area contributed by atoms with E-state index in [1.165, 1.54) is 0 Å². The van der Waals surface area contributed by atoms with Crippen LogP contribution in [0.1, 0.15) is 15.9 Å². The lowest BCUT2D eigenvalue weighted by Crippen LogP contribution is -2.12. The summed E-state index contributed by atoms with van der Waals surface area (Å²) in [5.74, 6) is -0.284. The molecule has 0 bridgehead atoms. The maximum atomic E-state index is 12.4. The number of carbonyl (C=O) groups is 1. The molecule has 3 rings (SSSR count). The van der Waals surface area contributed by atoms with Gasteiger partial charge in [-0.05, 0) is 54.1 Å². The van der Waals surface area contributed by atoms with Crippen LogP contribution >= 0.6 is 23.2 Å². The second-order valence-electron chi connectivity index (χ2n) is 5.37. The van der Waals surface area contributed by atoms with Crippen molar-refractivity contribution in [1.82, 2.24) is 4.98 Å². The molecule has 0 unspecified atom stereocenters. The third-order valence-corrected chi connectivity index (χ3v) is 4.09. The minimum absolute atomic E-state index is 0.284. The fraction of sp³-hybridized carbons (Fsp3) is 0.0526. The molecule has 0 saturated heterocycles. The zero-order valence-electron chi connectivity index (χ0n) is 13.2. The van der Waals surface area contributed by atoms with Crippen LogP contribution in [-0.2, 0) is 6.54 Å². The highest BCUT2D eigenvalue weighted by Crippen LogP contribution is 2.23. The molecule has 25 heavy (non-hydrogen) atoms. The Labute approximate surface area is 155 Å². The first-order chi connectivity index (χ1) is 12.1. The summed E-state index contributed by atoms with van der Waals surface area (Å²) < 4.78 is 0. The Morgan fingerprint density at radius 3 is 2.48 bits per heavy atom. The summed E-state index contributed by atoms with van der Waals surface area (Å²) in [5, 5.41) is 6.96. The Kier molecular flexibility index (Phi) is 5.53. The fourth-order valence-electron chi connectivity index (χ4n) is 2.28. The predicted molar refractivity (Wildman–Crippen MR) is 102 cm³/mol. The zero-order valence-corrected chi connectivity index (χ0v) is 14.7. The van der Waals surface area contributed by atoms with Crippen molar-refractivity contribution in [2.24, 2.45) is 0 Å². The van der Waals surface area contributed by atoms with Crippen LogP contribution in [0.4, 0.5) is 11.4 Å². The van der Waals surface area contributed by atoms with Gasteiger partial charge in [0, 0.05) is 35.3 Å². The molecule has 0 fully saturated rings. The first-order valence-corrected chi connectivity index (χ1v) is 8.36. The topological polar surface area (TPSA) is 54.0 Å².